The number of pyridine rings is 1. The summed E-state index contributed by atoms with van der Waals surface area (Å²) in [5.41, 5.74) is 0.804. The van der Waals surface area contributed by atoms with Gasteiger partial charge in [-0.3, -0.25) is 14.6 Å². The molecule has 1 aromatic rings. The second kappa shape index (κ2) is 5.24. The Morgan fingerprint density at radius 2 is 2.27 bits per heavy atom. The number of rotatable bonds is 4. The highest BCUT2D eigenvalue weighted by Gasteiger charge is 2.21. The molecular weight excluding hydrogens is 194 g/mol. The van der Waals surface area contributed by atoms with E-state index in [-0.39, 0.29) is 12.2 Å². The first-order valence-corrected chi connectivity index (χ1v) is 4.64. The van der Waals surface area contributed by atoms with Gasteiger partial charge in [0.2, 0.25) is 0 Å². The molecule has 1 aromatic heterocycles. The van der Waals surface area contributed by atoms with Crippen LogP contribution in [0, 0.1) is 5.92 Å². The van der Waals surface area contributed by atoms with Gasteiger partial charge < -0.3 is 4.74 Å². The predicted octanol–water partition coefficient (Wildman–Crippen LogP) is 1.00. The van der Waals surface area contributed by atoms with Crippen LogP contribution in [-0.2, 0) is 20.7 Å². The topological polar surface area (TPSA) is 56.3 Å². The smallest absolute Gasteiger partial charge is 0.315 e. The summed E-state index contributed by atoms with van der Waals surface area (Å²) < 4.78 is 4.50. The molecule has 4 nitrogen and oxygen atoms in total. The van der Waals surface area contributed by atoms with E-state index in [1.54, 1.807) is 31.5 Å². The standard InChI is InChI=1S/C11H13NO3/c1-8(11(14)15-2)10(13)6-9-4-3-5-12-7-9/h3-5,7-8H,6H2,1-2H3. The fourth-order valence-electron chi connectivity index (χ4n) is 1.17. The predicted molar refractivity (Wildman–Crippen MR) is 54.1 cm³/mol. The number of carbonyl (C=O) groups excluding carboxylic acids is 2. The lowest BCUT2D eigenvalue weighted by atomic mass is 10.0. The maximum absolute atomic E-state index is 11.6. The van der Waals surface area contributed by atoms with Crippen molar-refractivity contribution in [3.05, 3.63) is 30.1 Å². The summed E-state index contributed by atoms with van der Waals surface area (Å²) in [6.45, 7) is 1.55. The van der Waals surface area contributed by atoms with E-state index < -0.39 is 11.9 Å². The number of ether oxygens (including phenoxy) is 1. The second-order valence-corrected chi connectivity index (χ2v) is 3.25. The van der Waals surface area contributed by atoms with Crippen molar-refractivity contribution >= 4 is 11.8 Å². The van der Waals surface area contributed by atoms with Gasteiger partial charge in [-0.25, -0.2) is 0 Å². The summed E-state index contributed by atoms with van der Waals surface area (Å²) in [6.07, 6.45) is 3.46. The first-order chi connectivity index (χ1) is 7.15. The molecule has 0 aliphatic rings. The zero-order valence-electron chi connectivity index (χ0n) is 8.77. The van der Waals surface area contributed by atoms with Crippen molar-refractivity contribution in [2.75, 3.05) is 7.11 Å². The fraction of sp³-hybridized carbons (Fsp3) is 0.364. The number of Topliss-reactive ketones (excluding diaryl/α,β-unsaturated/α-hetero) is 1. The van der Waals surface area contributed by atoms with Gasteiger partial charge in [-0.05, 0) is 18.6 Å². The second-order valence-electron chi connectivity index (χ2n) is 3.25. The number of hydrogen-bond donors (Lipinski definition) is 0. The van der Waals surface area contributed by atoms with Gasteiger partial charge in [-0.2, -0.15) is 0 Å². The summed E-state index contributed by atoms with van der Waals surface area (Å²) in [4.78, 5) is 26.6. The lowest BCUT2D eigenvalue weighted by Gasteiger charge is -2.07. The van der Waals surface area contributed by atoms with E-state index in [9.17, 15) is 9.59 Å². The van der Waals surface area contributed by atoms with E-state index >= 15 is 0 Å². The Morgan fingerprint density at radius 1 is 1.53 bits per heavy atom. The number of methoxy groups -OCH3 is 1. The van der Waals surface area contributed by atoms with Crippen molar-refractivity contribution in [1.82, 2.24) is 4.98 Å². The Bertz CT molecular complexity index is 348. The monoisotopic (exact) mass is 207 g/mol. The minimum absolute atomic E-state index is 0.158. The van der Waals surface area contributed by atoms with Crippen LogP contribution in [-0.4, -0.2) is 23.8 Å². The molecule has 0 spiro atoms. The van der Waals surface area contributed by atoms with Crippen LogP contribution in [0.1, 0.15) is 12.5 Å². The van der Waals surface area contributed by atoms with Gasteiger partial charge in [0.25, 0.3) is 0 Å². The Morgan fingerprint density at radius 3 is 2.80 bits per heavy atom. The summed E-state index contributed by atoms with van der Waals surface area (Å²) in [7, 11) is 1.27. The van der Waals surface area contributed by atoms with E-state index in [0.717, 1.165) is 5.56 Å². The van der Waals surface area contributed by atoms with E-state index in [1.807, 2.05) is 0 Å². The van der Waals surface area contributed by atoms with Crippen molar-refractivity contribution in [3.63, 3.8) is 0 Å². The fourth-order valence-corrected chi connectivity index (χ4v) is 1.17. The van der Waals surface area contributed by atoms with Crippen molar-refractivity contribution in [3.8, 4) is 0 Å². The molecule has 0 saturated carbocycles. The lowest BCUT2D eigenvalue weighted by Crippen LogP contribution is -2.23. The SMILES string of the molecule is COC(=O)C(C)C(=O)Cc1cccnc1. The molecule has 1 atom stereocenters. The highest BCUT2D eigenvalue weighted by molar-refractivity contribution is 5.99. The van der Waals surface area contributed by atoms with Crippen LogP contribution in [0.15, 0.2) is 24.5 Å². The third-order valence-electron chi connectivity index (χ3n) is 2.14. The number of ketones is 1. The van der Waals surface area contributed by atoms with Crippen molar-refractivity contribution < 1.29 is 14.3 Å². The van der Waals surface area contributed by atoms with Crippen molar-refractivity contribution in [1.29, 1.82) is 0 Å². The largest absolute Gasteiger partial charge is 0.468 e. The van der Waals surface area contributed by atoms with E-state index in [0.29, 0.717) is 0 Å². The van der Waals surface area contributed by atoms with Crippen LogP contribution >= 0.6 is 0 Å². The number of esters is 1. The molecule has 0 fully saturated rings. The highest BCUT2D eigenvalue weighted by atomic mass is 16.5. The van der Waals surface area contributed by atoms with Gasteiger partial charge in [0, 0.05) is 18.8 Å². The highest BCUT2D eigenvalue weighted by Crippen LogP contribution is 2.06. The molecule has 1 unspecified atom stereocenters. The third kappa shape index (κ3) is 3.16. The van der Waals surface area contributed by atoms with Crippen LogP contribution < -0.4 is 0 Å². The molecule has 0 amide bonds. The first-order valence-electron chi connectivity index (χ1n) is 4.64. The van der Waals surface area contributed by atoms with Gasteiger partial charge in [0.05, 0.1) is 7.11 Å². The molecule has 0 aliphatic heterocycles. The molecule has 4 heteroatoms. The Balaban J connectivity index is 2.60. The molecular formula is C11H13NO3. The number of nitrogens with zero attached hydrogens (tertiary/aromatic N) is 1. The van der Waals surface area contributed by atoms with Crippen molar-refractivity contribution in [2.45, 2.75) is 13.3 Å². The van der Waals surface area contributed by atoms with Crippen LogP contribution in [0.5, 0.6) is 0 Å². The average Bonchev–Trinajstić information content (AvgIpc) is 2.28. The molecule has 0 N–H and O–H groups in total. The molecule has 0 saturated heterocycles. The molecule has 1 rings (SSSR count). The summed E-state index contributed by atoms with van der Waals surface area (Å²) >= 11 is 0. The summed E-state index contributed by atoms with van der Waals surface area (Å²) in [6, 6.07) is 3.56. The minimum atomic E-state index is -0.713. The maximum atomic E-state index is 11.6. The van der Waals surface area contributed by atoms with Crippen LogP contribution in [0.25, 0.3) is 0 Å². The number of aromatic nitrogens is 1. The zero-order valence-corrected chi connectivity index (χ0v) is 8.77. The lowest BCUT2D eigenvalue weighted by molar-refractivity contribution is -0.148. The van der Waals surface area contributed by atoms with E-state index in [4.69, 9.17) is 0 Å². The zero-order chi connectivity index (χ0) is 11.3. The number of carbonyl (C=O) groups is 2. The van der Waals surface area contributed by atoms with Crippen LogP contribution in [0.2, 0.25) is 0 Å². The maximum Gasteiger partial charge on any atom is 0.315 e. The van der Waals surface area contributed by atoms with Gasteiger partial charge in [0.1, 0.15) is 5.92 Å². The normalized spacial score (nSPS) is 11.9. The van der Waals surface area contributed by atoms with Crippen LogP contribution in [0.3, 0.4) is 0 Å². The molecule has 0 radical (unpaired) electrons. The quantitative estimate of drug-likeness (QED) is 0.546. The Kier molecular flexibility index (Phi) is 3.97. The van der Waals surface area contributed by atoms with E-state index in [2.05, 4.69) is 9.72 Å². The summed E-state index contributed by atoms with van der Waals surface area (Å²) in [5, 5.41) is 0. The van der Waals surface area contributed by atoms with Gasteiger partial charge in [-0.15, -0.1) is 0 Å². The van der Waals surface area contributed by atoms with Crippen LogP contribution in [0.4, 0.5) is 0 Å². The molecule has 1 heterocycles. The van der Waals surface area contributed by atoms with Gasteiger partial charge >= 0.3 is 5.97 Å². The minimum Gasteiger partial charge on any atom is -0.468 e. The molecule has 0 bridgehead atoms. The molecule has 15 heavy (non-hydrogen) atoms. The first kappa shape index (κ1) is 11.4. The Labute approximate surface area is 88.3 Å². The molecule has 0 aliphatic carbocycles. The molecule has 0 aromatic carbocycles. The average molecular weight is 207 g/mol. The Hall–Kier alpha value is -1.71. The van der Waals surface area contributed by atoms with Gasteiger partial charge in [-0.1, -0.05) is 6.07 Å². The van der Waals surface area contributed by atoms with E-state index in [1.165, 1.54) is 7.11 Å². The number of hydrogen-bond acceptors (Lipinski definition) is 4. The summed E-state index contributed by atoms with van der Waals surface area (Å²) in [5.74, 6) is -1.37. The van der Waals surface area contributed by atoms with Gasteiger partial charge in [0.15, 0.2) is 5.78 Å². The third-order valence-corrected chi connectivity index (χ3v) is 2.14. The van der Waals surface area contributed by atoms with Crippen molar-refractivity contribution in [2.24, 2.45) is 5.92 Å². The molecule has 80 valence electrons.